The van der Waals surface area contributed by atoms with Crippen molar-refractivity contribution < 1.29 is 8.42 Å². The van der Waals surface area contributed by atoms with Crippen LogP contribution in [0.25, 0.3) is 0 Å². The van der Waals surface area contributed by atoms with Crippen LogP contribution in [-0.2, 0) is 10.0 Å². The molecule has 1 aromatic heterocycles. The molecule has 0 fully saturated rings. The normalized spacial score (nSPS) is 11.4. The third kappa shape index (κ3) is 2.49. The van der Waals surface area contributed by atoms with Crippen molar-refractivity contribution in [3.8, 4) is 0 Å². The zero-order valence-electron chi connectivity index (χ0n) is 10.1. The fourth-order valence-corrected chi connectivity index (χ4v) is 3.73. The highest BCUT2D eigenvalue weighted by Crippen LogP contribution is 2.25. The average molecular weight is 282 g/mol. The van der Waals surface area contributed by atoms with Gasteiger partial charge in [0.2, 0.25) is 0 Å². The molecule has 1 aromatic carbocycles. The van der Waals surface area contributed by atoms with Gasteiger partial charge in [-0.15, -0.1) is 0 Å². The largest absolute Gasteiger partial charge is 0.399 e. The lowest BCUT2D eigenvalue weighted by molar-refractivity contribution is 0.600. The van der Waals surface area contributed by atoms with Gasteiger partial charge in [0, 0.05) is 11.1 Å². The Morgan fingerprint density at radius 3 is 2.61 bits per heavy atom. The Kier molecular flexibility index (Phi) is 3.32. The summed E-state index contributed by atoms with van der Waals surface area (Å²) in [5.41, 5.74) is 8.30. The van der Waals surface area contributed by atoms with Gasteiger partial charge >= 0.3 is 0 Å². The van der Waals surface area contributed by atoms with Gasteiger partial charge in [0.1, 0.15) is 0 Å². The SMILES string of the molecule is Cc1cc(N)cc(S(=O)(=O)Nc2ccsc2)c1C. The van der Waals surface area contributed by atoms with E-state index in [1.807, 2.05) is 12.3 Å². The maximum absolute atomic E-state index is 12.3. The number of sulfonamides is 1. The Bertz CT molecular complexity index is 662. The predicted octanol–water partition coefficient (Wildman–Crippen LogP) is 2.75. The summed E-state index contributed by atoms with van der Waals surface area (Å²) in [6, 6.07) is 4.96. The summed E-state index contributed by atoms with van der Waals surface area (Å²) in [5.74, 6) is 0. The lowest BCUT2D eigenvalue weighted by atomic mass is 10.1. The summed E-state index contributed by atoms with van der Waals surface area (Å²) in [6.07, 6.45) is 0. The van der Waals surface area contributed by atoms with Crippen LogP contribution in [0, 0.1) is 13.8 Å². The van der Waals surface area contributed by atoms with E-state index in [0.29, 0.717) is 16.9 Å². The number of aryl methyl sites for hydroxylation is 1. The zero-order valence-corrected chi connectivity index (χ0v) is 11.7. The summed E-state index contributed by atoms with van der Waals surface area (Å²) in [4.78, 5) is 0.228. The monoisotopic (exact) mass is 282 g/mol. The van der Waals surface area contributed by atoms with E-state index in [4.69, 9.17) is 5.73 Å². The minimum Gasteiger partial charge on any atom is -0.399 e. The van der Waals surface area contributed by atoms with Crippen LogP contribution < -0.4 is 10.5 Å². The first-order valence-corrected chi connectivity index (χ1v) is 7.74. The summed E-state index contributed by atoms with van der Waals surface area (Å²) in [7, 11) is -3.58. The van der Waals surface area contributed by atoms with Gasteiger partial charge < -0.3 is 5.73 Å². The summed E-state index contributed by atoms with van der Waals surface area (Å²) >= 11 is 1.43. The van der Waals surface area contributed by atoms with Crippen molar-refractivity contribution >= 4 is 32.7 Å². The van der Waals surface area contributed by atoms with E-state index in [-0.39, 0.29) is 4.90 Å². The van der Waals surface area contributed by atoms with E-state index in [1.165, 1.54) is 17.4 Å². The summed E-state index contributed by atoms with van der Waals surface area (Å²) < 4.78 is 27.1. The third-order valence-corrected chi connectivity index (χ3v) is 4.90. The molecule has 2 aromatic rings. The van der Waals surface area contributed by atoms with Gasteiger partial charge in [0.15, 0.2) is 0 Å². The van der Waals surface area contributed by atoms with Gasteiger partial charge in [-0.05, 0) is 48.6 Å². The Hall–Kier alpha value is -1.53. The molecule has 0 aliphatic rings. The lowest BCUT2D eigenvalue weighted by Crippen LogP contribution is -2.14. The topological polar surface area (TPSA) is 72.2 Å². The zero-order chi connectivity index (χ0) is 13.3. The van der Waals surface area contributed by atoms with Crippen LogP contribution in [-0.4, -0.2) is 8.42 Å². The highest BCUT2D eigenvalue weighted by molar-refractivity contribution is 7.92. The fraction of sp³-hybridized carbons (Fsp3) is 0.167. The van der Waals surface area contributed by atoms with E-state index in [9.17, 15) is 8.42 Å². The summed E-state index contributed by atoms with van der Waals surface area (Å²) in [6.45, 7) is 3.62. The quantitative estimate of drug-likeness (QED) is 0.850. The minimum absolute atomic E-state index is 0.228. The van der Waals surface area contributed by atoms with Gasteiger partial charge in [0.25, 0.3) is 10.0 Å². The third-order valence-electron chi connectivity index (χ3n) is 2.70. The van der Waals surface area contributed by atoms with Gasteiger partial charge in [-0.25, -0.2) is 8.42 Å². The van der Waals surface area contributed by atoms with Crippen molar-refractivity contribution in [2.75, 3.05) is 10.5 Å². The second-order valence-electron chi connectivity index (χ2n) is 4.08. The number of nitrogens with two attached hydrogens (primary N) is 1. The molecule has 0 radical (unpaired) electrons. The summed E-state index contributed by atoms with van der Waals surface area (Å²) in [5, 5.41) is 3.56. The molecule has 0 spiro atoms. The van der Waals surface area contributed by atoms with E-state index < -0.39 is 10.0 Å². The highest BCUT2D eigenvalue weighted by Gasteiger charge is 2.18. The van der Waals surface area contributed by atoms with Gasteiger partial charge in [-0.3, -0.25) is 4.72 Å². The van der Waals surface area contributed by atoms with Crippen molar-refractivity contribution in [1.29, 1.82) is 0 Å². The number of anilines is 2. The first-order valence-electron chi connectivity index (χ1n) is 5.32. The molecule has 0 saturated heterocycles. The van der Waals surface area contributed by atoms with Crippen molar-refractivity contribution in [1.82, 2.24) is 0 Å². The van der Waals surface area contributed by atoms with Crippen LogP contribution in [0.1, 0.15) is 11.1 Å². The Labute approximate surface area is 111 Å². The maximum atomic E-state index is 12.3. The van der Waals surface area contributed by atoms with Gasteiger partial charge in [0.05, 0.1) is 10.6 Å². The second-order valence-corrected chi connectivity index (χ2v) is 6.51. The smallest absolute Gasteiger partial charge is 0.262 e. The Morgan fingerprint density at radius 1 is 1.28 bits per heavy atom. The number of benzene rings is 1. The molecule has 4 nitrogen and oxygen atoms in total. The van der Waals surface area contributed by atoms with Crippen LogP contribution >= 0.6 is 11.3 Å². The number of hydrogen-bond acceptors (Lipinski definition) is 4. The van der Waals surface area contributed by atoms with Crippen LogP contribution in [0.15, 0.2) is 33.9 Å². The molecular weight excluding hydrogens is 268 g/mol. The molecule has 2 rings (SSSR count). The molecule has 0 aliphatic heterocycles. The van der Waals surface area contributed by atoms with E-state index >= 15 is 0 Å². The van der Waals surface area contributed by atoms with E-state index in [1.54, 1.807) is 24.4 Å². The minimum atomic E-state index is -3.58. The van der Waals surface area contributed by atoms with Crippen molar-refractivity contribution in [3.05, 3.63) is 40.1 Å². The molecule has 96 valence electrons. The van der Waals surface area contributed by atoms with E-state index in [2.05, 4.69) is 4.72 Å². The fourth-order valence-electron chi connectivity index (χ4n) is 1.67. The average Bonchev–Trinajstić information content (AvgIpc) is 2.75. The van der Waals surface area contributed by atoms with Crippen LogP contribution in [0.5, 0.6) is 0 Å². The first kappa shape index (κ1) is 12.9. The number of hydrogen-bond donors (Lipinski definition) is 2. The first-order chi connectivity index (χ1) is 8.40. The second kappa shape index (κ2) is 4.62. The molecule has 0 aliphatic carbocycles. The molecule has 6 heteroatoms. The predicted molar refractivity (Wildman–Crippen MR) is 75.5 cm³/mol. The lowest BCUT2D eigenvalue weighted by Gasteiger charge is -2.12. The molecule has 3 N–H and O–H groups in total. The number of nitrogens with one attached hydrogen (secondary N) is 1. The number of nitrogen functional groups attached to an aromatic ring is 1. The van der Waals surface area contributed by atoms with Crippen molar-refractivity contribution in [2.45, 2.75) is 18.7 Å². The molecular formula is C12H14N2O2S2. The highest BCUT2D eigenvalue weighted by atomic mass is 32.2. The van der Waals surface area contributed by atoms with Gasteiger partial charge in [-0.1, -0.05) is 0 Å². The Morgan fingerprint density at radius 2 is 2.00 bits per heavy atom. The molecule has 0 saturated carbocycles. The molecule has 0 unspecified atom stereocenters. The van der Waals surface area contributed by atoms with Crippen LogP contribution in [0.2, 0.25) is 0 Å². The van der Waals surface area contributed by atoms with Crippen molar-refractivity contribution in [3.63, 3.8) is 0 Å². The standard InChI is InChI=1S/C12H14N2O2S2/c1-8-5-10(13)6-12(9(8)2)18(15,16)14-11-3-4-17-7-11/h3-7,14H,13H2,1-2H3. The molecule has 1 heterocycles. The van der Waals surface area contributed by atoms with Crippen LogP contribution in [0.4, 0.5) is 11.4 Å². The molecule has 0 atom stereocenters. The Balaban J connectivity index is 2.48. The number of rotatable bonds is 3. The van der Waals surface area contributed by atoms with Crippen molar-refractivity contribution in [2.24, 2.45) is 0 Å². The molecule has 0 amide bonds. The van der Waals surface area contributed by atoms with Crippen LogP contribution in [0.3, 0.4) is 0 Å². The van der Waals surface area contributed by atoms with Gasteiger partial charge in [-0.2, -0.15) is 11.3 Å². The van der Waals surface area contributed by atoms with E-state index in [0.717, 1.165) is 5.56 Å². The molecule has 18 heavy (non-hydrogen) atoms. The number of thiophene rings is 1. The molecule has 0 bridgehead atoms. The maximum Gasteiger partial charge on any atom is 0.262 e.